The van der Waals surface area contributed by atoms with Crippen molar-refractivity contribution in [2.24, 2.45) is 0 Å². The molecule has 0 amide bonds. The highest BCUT2D eigenvalue weighted by molar-refractivity contribution is 6.09. The fraction of sp³-hybridized carbons (Fsp3) is 0. The van der Waals surface area contributed by atoms with Gasteiger partial charge in [0.25, 0.3) is 0 Å². The van der Waals surface area contributed by atoms with Crippen LogP contribution in [0.25, 0.3) is 152 Å². The number of benzene rings is 14. The van der Waals surface area contributed by atoms with Gasteiger partial charge < -0.3 is 35.3 Å². The minimum absolute atomic E-state index is 0.302. The normalized spacial score (nSPS) is 10.8. The number of para-hydroxylation sites is 1. The van der Waals surface area contributed by atoms with Crippen LogP contribution in [0.3, 0.4) is 0 Å². The molecule has 540 valence electrons. The summed E-state index contributed by atoms with van der Waals surface area (Å²) in [6.45, 7) is 0. The number of fused-ring (bicyclic) bond motifs is 18. The van der Waals surface area contributed by atoms with E-state index < -0.39 is 0 Å². The number of hydrogen-bond acceptors (Lipinski definition) is 16. The molecule has 0 aliphatic heterocycles. The van der Waals surface area contributed by atoms with Crippen molar-refractivity contribution in [3.05, 3.63) is 448 Å². The molecular weight excluding hydrogens is 1410 g/mol. The number of rotatable bonds is 0. The second-order valence-corrected chi connectivity index (χ2v) is 25.5. The SMILES string of the molecule is O=c1cc2c(ccc3ccccc32)co1.O=c1cc2cc3ccccc3cc2co1.O=c1cc2ccc3ccccc3c2co1.O=c1cc2ccccc2co1.O=c1ccc2c(ccc3ccccc32)o1.O=c1ccc2cc3ccccc3cc2o1.O=c1ccc2ccc3ccccc3c2o1.O=c1ccc2ccccc2o1. The second kappa shape index (κ2) is 33.0. The lowest BCUT2D eigenvalue weighted by Gasteiger charge is -2.01. The van der Waals surface area contributed by atoms with Gasteiger partial charge in [-0.2, -0.15) is 0 Å². The maximum Gasteiger partial charge on any atom is 0.336 e. The molecule has 0 bridgehead atoms. The average molecular weight is 1470 g/mol. The van der Waals surface area contributed by atoms with Crippen molar-refractivity contribution in [3.8, 4) is 0 Å². The summed E-state index contributed by atoms with van der Waals surface area (Å²) in [6, 6.07) is 106. The quantitative estimate of drug-likeness (QED) is 0.0778. The molecule has 8 heterocycles. The van der Waals surface area contributed by atoms with Crippen molar-refractivity contribution in [3.63, 3.8) is 0 Å². The lowest BCUT2D eigenvalue weighted by Crippen LogP contribution is -1.94. The molecule has 22 rings (SSSR count). The summed E-state index contributed by atoms with van der Waals surface area (Å²) >= 11 is 0. The molecule has 112 heavy (non-hydrogen) atoms. The standard InChI is InChI=1S/6C13H8O2.2C9H6O2/c14-13-7-11-5-9-3-1-2-4-10(9)6-12(11)8-15-13;14-13-8-6-11-10-4-2-1-3-9(10)5-7-12(11)15-13;14-13-6-5-11-7-9-3-1-2-4-10(9)8-12(11)15-13;14-13-7-12-10(8-15-13)6-5-9-3-1-2-4-11(9)12;14-13-7-10-6-5-9-3-1-2-4-11(9)12(10)8-15-13;14-12-8-7-10-6-5-9-3-1-2-4-11(9)13(10)15-12;10-9-5-7-3-1-2-4-8(7)6-11-9;10-9-6-5-7-3-1-2-4-8(7)11-9/h6*1-8H;2*1-6H. The van der Waals surface area contributed by atoms with Crippen LogP contribution in [0, 0.1) is 0 Å². The molecular formula is C96H60O16. The Morgan fingerprint density at radius 3 is 1.09 bits per heavy atom. The molecule has 22 aromatic rings. The van der Waals surface area contributed by atoms with Gasteiger partial charge in [-0.05, 0) is 141 Å². The van der Waals surface area contributed by atoms with Crippen molar-refractivity contribution < 1.29 is 35.3 Å². The Bertz CT molecular complexity index is 7250. The van der Waals surface area contributed by atoms with Gasteiger partial charge >= 0.3 is 45.0 Å². The smallest absolute Gasteiger partial charge is 0.336 e. The van der Waals surface area contributed by atoms with E-state index in [1.54, 1.807) is 24.3 Å². The first-order valence-electron chi connectivity index (χ1n) is 35.2. The predicted molar refractivity (Wildman–Crippen MR) is 445 cm³/mol. The van der Waals surface area contributed by atoms with Gasteiger partial charge in [0.1, 0.15) is 47.4 Å². The monoisotopic (exact) mass is 1470 g/mol. The average Bonchev–Trinajstić information content (AvgIpc) is 0.902. The fourth-order valence-electron chi connectivity index (χ4n) is 12.9. The van der Waals surface area contributed by atoms with Crippen molar-refractivity contribution in [2.75, 3.05) is 0 Å². The third-order valence-electron chi connectivity index (χ3n) is 18.3. The van der Waals surface area contributed by atoms with Crippen LogP contribution in [0.4, 0.5) is 0 Å². The zero-order valence-corrected chi connectivity index (χ0v) is 59.2. The molecule has 0 atom stereocenters. The van der Waals surface area contributed by atoms with Gasteiger partial charge in [-0.15, -0.1) is 0 Å². The third-order valence-corrected chi connectivity index (χ3v) is 18.3. The summed E-state index contributed by atoms with van der Waals surface area (Å²) in [6.07, 6.45) is 6.01. The van der Waals surface area contributed by atoms with E-state index in [1.165, 1.54) is 73.6 Å². The highest BCUT2D eigenvalue weighted by atomic mass is 16.4. The summed E-state index contributed by atoms with van der Waals surface area (Å²) in [7, 11) is 0. The number of hydrogen-bond donors (Lipinski definition) is 0. The first kappa shape index (κ1) is 71.9. The van der Waals surface area contributed by atoms with Crippen LogP contribution in [0.2, 0.25) is 0 Å². The van der Waals surface area contributed by atoms with Crippen LogP contribution < -0.4 is 45.0 Å². The maximum absolute atomic E-state index is 11.2. The van der Waals surface area contributed by atoms with Crippen LogP contribution in [0.5, 0.6) is 0 Å². The van der Waals surface area contributed by atoms with Crippen LogP contribution in [0.1, 0.15) is 0 Å². The predicted octanol–water partition coefficient (Wildman–Crippen LogP) is 21.3. The van der Waals surface area contributed by atoms with Gasteiger partial charge in [-0.25, -0.2) is 38.4 Å². The van der Waals surface area contributed by atoms with Crippen LogP contribution in [-0.4, -0.2) is 0 Å². The summed E-state index contributed by atoms with van der Waals surface area (Å²) < 4.78 is 39.6. The molecule has 0 aliphatic carbocycles. The zero-order valence-electron chi connectivity index (χ0n) is 59.2. The highest BCUT2D eigenvalue weighted by Gasteiger charge is 2.08. The Hall–Kier alpha value is -15.7. The zero-order chi connectivity index (χ0) is 76.9. The lowest BCUT2D eigenvalue weighted by atomic mass is 10.0. The summed E-state index contributed by atoms with van der Waals surface area (Å²) in [4.78, 5) is 88.0. The Balaban J connectivity index is 0.000000102. The van der Waals surface area contributed by atoms with Crippen LogP contribution in [0.15, 0.2) is 438 Å². The molecule has 0 fully saturated rings. The van der Waals surface area contributed by atoms with E-state index in [9.17, 15) is 38.4 Å². The van der Waals surface area contributed by atoms with E-state index in [1.807, 2.05) is 267 Å². The van der Waals surface area contributed by atoms with E-state index >= 15 is 0 Å². The molecule has 0 unspecified atom stereocenters. The van der Waals surface area contributed by atoms with Crippen molar-refractivity contribution >= 4 is 152 Å². The van der Waals surface area contributed by atoms with Crippen LogP contribution >= 0.6 is 0 Å². The van der Waals surface area contributed by atoms with Crippen LogP contribution in [-0.2, 0) is 0 Å². The van der Waals surface area contributed by atoms with Gasteiger partial charge in [-0.1, -0.05) is 231 Å². The molecule has 0 saturated carbocycles. The first-order chi connectivity index (χ1) is 54.7. The van der Waals surface area contributed by atoms with E-state index in [2.05, 4.69) is 4.42 Å². The highest BCUT2D eigenvalue weighted by Crippen LogP contribution is 2.29. The van der Waals surface area contributed by atoms with Gasteiger partial charge in [0.2, 0.25) is 0 Å². The second-order valence-electron chi connectivity index (χ2n) is 25.5. The minimum Gasteiger partial charge on any atom is -0.431 e. The fourth-order valence-corrected chi connectivity index (χ4v) is 12.9. The minimum atomic E-state index is -0.308. The molecule has 0 radical (unpaired) electrons. The maximum atomic E-state index is 11.2. The molecule has 16 heteroatoms. The van der Waals surface area contributed by atoms with Crippen molar-refractivity contribution in [1.29, 1.82) is 0 Å². The summed E-state index contributed by atoms with van der Waals surface area (Å²) in [5.74, 6) is 0. The van der Waals surface area contributed by atoms with E-state index in [0.717, 1.165) is 129 Å². The third kappa shape index (κ3) is 16.9. The summed E-state index contributed by atoms with van der Waals surface area (Å²) in [5, 5.41) is 24.7. The molecule has 8 aromatic heterocycles. The first-order valence-corrected chi connectivity index (χ1v) is 35.2. The molecule has 14 aromatic carbocycles. The van der Waals surface area contributed by atoms with Gasteiger partial charge in [0.15, 0.2) is 0 Å². The van der Waals surface area contributed by atoms with E-state index in [0.29, 0.717) is 22.3 Å². The van der Waals surface area contributed by atoms with Crippen molar-refractivity contribution in [2.45, 2.75) is 0 Å². The van der Waals surface area contributed by atoms with E-state index in [-0.39, 0.29) is 45.0 Å². The van der Waals surface area contributed by atoms with Crippen molar-refractivity contribution in [1.82, 2.24) is 0 Å². The van der Waals surface area contributed by atoms with Gasteiger partial charge in [0, 0.05) is 97.0 Å². The Labute approximate surface area is 631 Å². The largest absolute Gasteiger partial charge is 0.431 e. The Morgan fingerprint density at radius 2 is 0.482 bits per heavy atom. The molecule has 0 N–H and O–H groups in total. The summed E-state index contributed by atoms with van der Waals surface area (Å²) in [5.41, 5.74) is 0.138. The van der Waals surface area contributed by atoms with E-state index in [4.69, 9.17) is 30.9 Å². The molecule has 0 spiro atoms. The Morgan fingerprint density at radius 1 is 0.143 bits per heavy atom. The lowest BCUT2D eigenvalue weighted by molar-refractivity contribution is 0.517. The van der Waals surface area contributed by atoms with Gasteiger partial charge in [0.05, 0.1) is 0 Å². The molecule has 0 aliphatic rings. The molecule has 16 nitrogen and oxygen atoms in total. The molecule has 0 saturated heterocycles. The Kier molecular flexibility index (Phi) is 21.2. The topological polar surface area (TPSA) is 242 Å². The van der Waals surface area contributed by atoms with Gasteiger partial charge in [-0.3, -0.25) is 0 Å².